The highest BCUT2D eigenvalue weighted by Gasteiger charge is 2.73. The van der Waals surface area contributed by atoms with E-state index in [0.29, 0.717) is 6.42 Å². The molecular weight excluding hydrogens is 432 g/mol. The predicted octanol–water partition coefficient (Wildman–Crippen LogP) is 4.06. The van der Waals surface area contributed by atoms with Gasteiger partial charge in [0.05, 0.1) is 5.41 Å². The number of carbonyl (C=O) groups excluding carboxylic acids is 2. The van der Waals surface area contributed by atoms with E-state index in [1.807, 2.05) is 24.3 Å². The zero-order chi connectivity index (χ0) is 24.1. The maximum absolute atomic E-state index is 13.1. The number of carboxylic acid groups (broad SMARTS) is 1. The van der Waals surface area contributed by atoms with Gasteiger partial charge in [-0.2, -0.15) is 0 Å². The number of benzene rings is 2. The van der Waals surface area contributed by atoms with E-state index >= 15 is 0 Å². The number of ether oxygens (including phenoxy) is 1. The molecule has 2 aromatic rings. The van der Waals surface area contributed by atoms with Crippen molar-refractivity contribution in [1.29, 1.82) is 0 Å². The van der Waals surface area contributed by atoms with Crippen LogP contribution >= 0.6 is 0 Å². The van der Waals surface area contributed by atoms with Gasteiger partial charge in [-0.15, -0.1) is 0 Å². The molecule has 0 heterocycles. The van der Waals surface area contributed by atoms with E-state index in [1.165, 1.54) is 13.8 Å². The smallest absolute Gasteiger partial charge is 0.407 e. The molecule has 0 aliphatic heterocycles. The fourth-order valence-corrected chi connectivity index (χ4v) is 5.77. The van der Waals surface area contributed by atoms with Gasteiger partial charge < -0.3 is 20.5 Å². The molecule has 0 saturated heterocycles. The molecule has 5 rings (SSSR count). The molecule has 2 amide bonds. The van der Waals surface area contributed by atoms with Crippen LogP contribution in [-0.2, 0) is 14.3 Å². The molecular formula is C27H30N2O5. The van der Waals surface area contributed by atoms with Crippen LogP contribution in [0.4, 0.5) is 4.79 Å². The molecule has 2 aromatic carbocycles. The zero-order valence-electron chi connectivity index (χ0n) is 19.5. The Morgan fingerprint density at radius 1 is 1.03 bits per heavy atom. The standard InChI is InChI=1S/C27H30N2O5/c1-25(2,23(31)32)29-22(30)27(15-26(27)12-7-13-26)16-28-24(33)34-14-21-19-10-5-3-8-17(19)18-9-4-6-11-20(18)21/h3-6,8-11,21H,7,12-16H2,1-2H3,(H,28,33)(H,29,30)(H,31,32). The SMILES string of the molecule is CC(C)(NC(=O)C1(CNC(=O)OCC2c3ccccc3-c3ccccc32)CC12CCC2)C(=O)O. The number of alkyl carbamates (subject to hydrolysis) is 1. The first-order valence-electron chi connectivity index (χ1n) is 11.8. The lowest BCUT2D eigenvalue weighted by molar-refractivity contribution is -0.147. The monoisotopic (exact) mass is 462 g/mol. The Hall–Kier alpha value is -3.35. The van der Waals surface area contributed by atoms with E-state index in [1.54, 1.807) is 0 Å². The molecule has 0 radical (unpaired) electrons. The van der Waals surface area contributed by atoms with Crippen molar-refractivity contribution < 1.29 is 24.2 Å². The van der Waals surface area contributed by atoms with Gasteiger partial charge in [-0.25, -0.2) is 9.59 Å². The van der Waals surface area contributed by atoms with E-state index in [2.05, 4.69) is 34.9 Å². The molecule has 3 N–H and O–H groups in total. The summed E-state index contributed by atoms with van der Waals surface area (Å²) in [7, 11) is 0. The van der Waals surface area contributed by atoms with Crippen LogP contribution in [0.3, 0.4) is 0 Å². The summed E-state index contributed by atoms with van der Waals surface area (Å²) in [5.41, 5.74) is 2.31. The van der Waals surface area contributed by atoms with Crippen LogP contribution in [0.1, 0.15) is 56.6 Å². The number of amides is 2. The van der Waals surface area contributed by atoms with E-state index in [-0.39, 0.29) is 30.4 Å². The Labute approximate surface area is 198 Å². The first-order valence-corrected chi connectivity index (χ1v) is 11.8. The molecule has 178 valence electrons. The fourth-order valence-electron chi connectivity index (χ4n) is 5.77. The van der Waals surface area contributed by atoms with Gasteiger partial charge in [-0.3, -0.25) is 4.79 Å². The maximum Gasteiger partial charge on any atom is 0.407 e. The number of aliphatic carboxylic acids is 1. The summed E-state index contributed by atoms with van der Waals surface area (Å²) in [6, 6.07) is 16.3. The first-order chi connectivity index (χ1) is 16.2. The number of rotatable bonds is 7. The Bertz CT molecular complexity index is 1120. The molecule has 0 aromatic heterocycles. The van der Waals surface area contributed by atoms with Crippen LogP contribution in [0.5, 0.6) is 0 Å². The Morgan fingerprint density at radius 2 is 1.62 bits per heavy atom. The van der Waals surface area contributed by atoms with Gasteiger partial charge in [0.2, 0.25) is 5.91 Å². The van der Waals surface area contributed by atoms with Crippen LogP contribution in [0.2, 0.25) is 0 Å². The minimum Gasteiger partial charge on any atom is -0.480 e. The number of hydrogen-bond acceptors (Lipinski definition) is 4. The normalized spacial score (nSPS) is 21.7. The Balaban J connectivity index is 1.24. The van der Waals surface area contributed by atoms with E-state index in [4.69, 9.17) is 4.74 Å². The highest BCUT2D eigenvalue weighted by molar-refractivity contribution is 5.93. The first kappa shape index (κ1) is 22.4. The number of carboxylic acids is 1. The van der Waals surface area contributed by atoms with Gasteiger partial charge in [0, 0.05) is 12.5 Å². The van der Waals surface area contributed by atoms with Gasteiger partial charge in [0.1, 0.15) is 12.1 Å². The number of fused-ring (bicyclic) bond motifs is 3. The number of hydrogen-bond donors (Lipinski definition) is 3. The number of carbonyl (C=O) groups is 3. The molecule has 3 aliphatic carbocycles. The summed E-state index contributed by atoms with van der Waals surface area (Å²) in [6.07, 6.45) is 2.97. The summed E-state index contributed by atoms with van der Waals surface area (Å²) in [5.74, 6) is -1.44. The van der Waals surface area contributed by atoms with Crippen molar-refractivity contribution in [2.24, 2.45) is 10.8 Å². The van der Waals surface area contributed by atoms with Crippen molar-refractivity contribution in [2.75, 3.05) is 13.2 Å². The van der Waals surface area contributed by atoms with Crippen molar-refractivity contribution in [3.8, 4) is 11.1 Å². The van der Waals surface area contributed by atoms with Crippen LogP contribution in [0.25, 0.3) is 11.1 Å². The van der Waals surface area contributed by atoms with E-state index < -0.39 is 23.0 Å². The second-order valence-corrected chi connectivity index (χ2v) is 10.5. The highest BCUT2D eigenvalue weighted by Crippen LogP contribution is 2.73. The largest absolute Gasteiger partial charge is 0.480 e. The highest BCUT2D eigenvalue weighted by atomic mass is 16.5. The molecule has 3 aliphatic rings. The average Bonchev–Trinajstić information content (AvgIpc) is 3.41. The van der Waals surface area contributed by atoms with Crippen LogP contribution in [-0.4, -0.2) is 41.8 Å². The lowest BCUT2D eigenvalue weighted by atomic mass is 9.74. The summed E-state index contributed by atoms with van der Waals surface area (Å²) < 4.78 is 5.63. The molecule has 7 heteroatoms. The summed E-state index contributed by atoms with van der Waals surface area (Å²) in [6.45, 7) is 3.28. The lowest BCUT2D eigenvalue weighted by Gasteiger charge is -2.34. The molecule has 7 nitrogen and oxygen atoms in total. The predicted molar refractivity (Wildman–Crippen MR) is 126 cm³/mol. The second-order valence-electron chi connectivity index (χ2n) is 10.5. The summed E-state index contributed by atoms with van der Waals surface area (Å²) in [5, 5.41) is 14.9. The quantitative estimate of drug-likeness (QED) is 0.576. The fraction of sp³-hybridized carbons (Fsp3) is 0.444. The van der Waals surface area contributed by atoms with Crippen LogP contribution in [0.15, 0.2) is 48.5 Å². The molecule has 1 unspecified atom stereocenters. The Kier molecular flexibility index (Phi) is 5.19. The van der Waals surface area contributed by atoms with Gasteiger partial charge in [-0.05, 0) is 60.8 Å². The van der Waals surface area contributed by atoms with Crippen molar-refractivity contribution in [3.05, 3.63) is 59.7 Å². The van der Waals surface area contributed by atoms with Gasteiger partial charge in [0.25, 0.3) is 0 Å². The molecule has 2 fully saturated rings. The van der Waals surface area contributed by atoms with E-state index in [9.17, 15) is 19.5 Å². The van der Waals surface area contributed by atoms with E-state index in [0.717, 1.165) is 41.5 Å². The third kappa shape index (κ3) is 3.45. The minimum absolute atomic E-state index is 0.0364. The van der Waals surface area contributed by atoms with Crippen molar-refractivity contribution in [2.45, 2.75) is 51.0 Å². The van der Waals surface area contributed by atoms with Crippen molar-refractivity contribution in [1.82, 2.24) is 10.6 Å². The number of nitrogens with one attached hydrogen (secondary N) is 2. The topological polar surface area (TPSA) is 105 Å². The molecule has 0 bridgehead atoms. The maximum atomic E-state index is 13.1. The third-order valence-corrected chi connectivity index (χ3v) is 8.11. The van der Waals surface area contributed by atoms with Gasteiger partial charge in [0.15, 0.2) is 0 Å². The zero-order valence-corrected chi connectivity index (χ0v) is 19.5. The second kappa shape index (κ2) is 7.86. The van der Waals surface area contributed by atoms with Crippen molar-refractivity contribution >= 4 is 18.0 Å². The molecule has 2 saturated carbocycles. The molecule has 1 spiro atoms. The Morgan fingerprint density at radius 3 is 2.12 bits per heavy atom. The lowest BCUT2D eigenvalue weighted by Crippen LogP contribution is -2.55. The van der Waals surface area contributed by atoms with Crippen molar-refractivity contribution in [3.63, 3.8) is 0 Å². The third-order valence-electron chi connectivity index (χ3n) is 8.11. The molecule has 34 heavy (non-hydrogen) atoms. The van der Waals surface area contributed by atoms with Crippen LogP contribution in [0, 0.1) is 10.8 Å². The van der Waals surface area contributed by atoms with Gasteiger partial charge >= 0.3 is 12.1 Å². The minimum atomic E-state index is -1.37. The van der Waals surface area contributed by atoms with Gasteiger partial charge in [-0.1, -0.05) is 55.0 Å². The summed E-state index contributed by atoms with van der Waals surface area (Å²) >= 11 is 0. The average molecular weight is 463 g/mol. The van der Waals surface area contributed by atoms with Crippen LogP contribution < -0.4 is 10.6 Å². The summed E-state index contributed by atoms with van der Waals surface area (Å²) in [4.78, 5) is 37.3. The molecule has 1 atom stereocenters.